The molecule has 0 bridgehead atoms. The van der Waals surface area contributed by atoms with Crippen LogP contribution in [-0.2, 0) is 11.3 Å². The fourth-order valence-corrected chi connectivity index (χ4v) is 6.38. The van der Waals surface area contributed by atoms with Crippen LogP contribution in [0.3, 0.4) is 0 Å². The molecule has 0 aliphatic carbocycles. The molecule has 0 amide bonds. The van der Waals surface area contributed by atoms with Crippen molar-refractivity contribution in [2.75, 3.05) is 44.3 Å². The topological polar surface area (TPSA) is 69.3 Å². The Morgan fingerprint density at radius 2 is 1.91 bits per heavy atom. The number of ether oxygens (including phenoxy) is 1. The summed E-state index contributed by atoms with van der Waals surface area (Å²) in [5.74, 6) is 1.84. The summed E-state index contributed by atoms with van der Waals surface area (Å²) >= 11 is 1.85. The first-order chi connectivity index (χ1) is 16.1. The van der Waals surface area contributed by atoms with Crippen LogP contribution in [0.4, 0.5) is 5.82 Å². The van der Waals surface area contributed by atoms with Crippen LogP contribution in [0.15, 0.2) is 36.5 Å². The highest BCUT2D eigenvalue weighted by Crippen LogP contribution is 2.36. The normalized spacial score (nSPS) is 22.4. The number of fused-ring (bicyclic) bond motifs is 2. The molecule has 8 heteroatoms. The first kappa shape index (κ1) is 21.0. The van der Waals surface area contributed by atoms with Crippen LogP contribution in [0.5, 0.6) is 0 Å². The van der Waals surface area contributed by atoms with Crippen LogP contribution in [-0.4, -0.2) is 71.3 Å². The third-order valence-electron chi connectivity index (χ3n) is 6.56. The fourth-order valence-electron chi connectivity index (χ4n) is 5.22. The summed E-state index contributed by atoms with van der Waals surface area (Å²) < 4.78 is 6.81. The van der Waals surface area contributed by atoms with Gasteiger partial charge in [-0.25, -0.2) is 9.97 Å². The maximum Gasteiger partial charge on any atom is 0.162 e. The lowest BCUT2D eigenvalue weighted by Crippen LogP contribution is -2.53. The Morgan fingerprint density at radius 3 is 2.73 bits per heavy atom. The highest BCUT2D eigenvalue weighted by molar-refractivity contribution is 7.19. The van der Waals surface area contributed by atoms with E-state index < -0.39 is 0 Å². The lowest BCUT2D eigenvalue weighted by molar-refractivity contribution is 0.122. The molecule has 2 saturated heterocycles. The molecule has 2 atom stereocenters. The van der Waals surface area contributed by atoms with Gasteiger partial charge in [0.15, 0.2) is 11.6 Å². The Morgan fingerprint density at radius 1 is 1.09 bits per heavy atom. The van der Waals surface area contributed by atoms with E-state index in [2.05, 4.69) is 64.3 Å². The molecule has 33 heavy (non-hydrogen) atoms. The number of nitrogens with one attached hydrogen (secondary N) is 2. The van der Waals surface area contributed by atoms with E-state index in [1.807, 2.05) is 17.5 Å². The molecule has 2 fully saturated rings. The van der Waals surface area contributed by atoms with Crippen LogP contribution >= 0.6 is 11.3 Å². The van der Waals surface area contributed by atoms with Crippen molar-refractivity contribution in [3.05, 3.63) is 41.4 Å². The number of thiophene rings is 1. The van der Waals surface area contributed by atoms with Crippen LogP contribution < -0.4 is 10.2 Å². The van der Waals surface area contributed by atoms with Gasteiger partial charge in [-0.3, -0.25) is 4.90 Å². The zero-order chi connectivity index (χ0) is 22.4. The van der Waals surface area contributed by atoms with E-state index in [-0.39, 0.29) is 0 Å². The van der Waals surface area contributed by atoms with Gasteiger partial charge in [0.25, 0.3) is 0 Å². The standard InChI is InChI=1S/C25H30N6OS/c1-16-13-30(14-17(2)27-16)15-18-12-22-23(33-18)25(31-8-10-32-11-9-31)29-24(28-22)20-4-3-5-21-19(20)6-7-26-21/h3-7,12,16-17,26-27H,8-11,13-15H2,1-2H3. The van der Waals surface area contributed by atoms with Gasteiger partial charge in [-0.2, -0.15) is 0 Å². The molecule has 172 valence electrons. The summed E-state index contributed by atoms with van der Waals surface area (Å²) in [6.45, 7) is 10.8. The number of nitrogens with zero attached hydrogens (tertiary/aromatic N) is 4. The first-order valence-corrected chi connectivity index (χ1v) is 12.6. The molecule has 0 radical (unpaired) electrons. The number of rotatable bonds is 4. The number of aromatic nitrogens is 3. The summed E-state index contributed by atoms with van der Waals surface area (Å²) in [5, 5.41) is 4.79. The van der Waals surface area contributed by atoms with Gasteiger partial charge in [-0.05, 0) is 32.0 Å². The maximum atomic E-state index is 5.62. The number of morpholine rings is 1. The first-order valence-electron chi connectivity index (χ1n) is 11.8. The van der Waals surface area contributed by atoms with Crippen LogP contribution in [0.2, 0.25) is 0 Å². The van der Waals surface area contributed by atoms with Crippen molar-refractivity contribution in [1.82, 2.24) is 25.2 Å². The highest BCUT2D eigenvalue weighted by Gasteiger charge is 2.24. The number of benzene rings is 1. The van der Waals surface area contributed by atoms with Crippen molar-refractivity contribution in [1.29, 1.82) is 0 Å². The number of piperazine rings is 1. The SMILES string of the molecule is CC1CN(Cc2cc3nc(-c4cccc5[nH]ccc45)nc(N4CCOCC4)c3s2)CC(C)N1. The lowest BCUT2D eigenvalue weighted by Gasteiger charge is -2.35. The summed E-state index contributed by atoms with van der Waals surface area (Å²) in [6, 6.07) is 11.7. The molecule has 0 saturated carbocycles. The van der Waals surface area contributed by atoms with Gasteiger partial charge in [-0.15, -0.1) is 11.3 Å². The van der Waals surface area contributed by atoms with E-state index in [0.29, 0.717) is 12.1 Å². The summed E-state index contributed by atoms with van der Waals surface area (Å²) in [4.78, 5) is 19.8. The Labute approximate surface area is 197 Å². The Bertz CT molecular complexity index is 1270. The number of H-pyrrole nitrogens is 1. The molecule has 0 spiro atoms. The molecule has 2 aliphatic rings. The largest absolute Gasteiger partial charge is 0.378 e. The van der Waals surface area contributed by atoms with Gasteiger partial charge in [-0.1, -0.05) is 12.1 Å². The summed E-state index contributed by atoms with van der Waals surface area (Å²) in [5.41, 5.74) is 3.23. The Kier molecular flexibility index (Phi) is 5.54. The van der Waals surface area contributed by atoms with E-state index >= 15 is 0 Å². The third-order valence-corrected chi connectivity index (χ3v) is 7.67. The zero-order valence-electron chi connectivity index (χ0n) is 19.2. The van der Waals surface area contributed by atoms with E-state index in [4.69, 9.17) is 14.7 Å². The minimum atomic E-state index is 0.514. The van der Waals surface area contributed by atoms with Gasteiger partial charge < -0.3 is 19.9 Å². The summed E-state index contributed by atoms with van der Waals surface area (Å²) in [7, 11) is 0. The molecule has 1 aromatic carbocycles. The predicted octanol–water partition coefficient (Wildman–Crippen LogP) is 3.86. The average Bonchev–Trinajstić information content (AvgIpc) is 3.44. The predicted molar refractivity (Wildman–Crippen MR) is 135 cm³/mol. The van der Waals surface area contributed by atoms with Crippen LogP contribution in [0.1, 0.15) is 18.7 Å². The second-order valence-corrected chi connectivity index (χ2v) is 10.4. The van der Waals surface area contributed by atoms with Crippen LogP contribution in [0.25, 0.3) is 32.5 Å². The quantitative estimate of drug-likeness (QED) is 0.480. The van der Waals surface area contributed by atoms with Crippen molar-refractivity contribution in [2.24, 2.45) is 0 Å². The van der Waals surface area contributed by atoms with E-state index in [9.17, 15) is 0 Å². The fraction of sp³-hybridized carbons (Fsp3) is 0.440. The minimum absolute atomic E-state index is 0.514. The second-order valence-electron chi connectivity index (χ2n) is 9.30. The number of anilines is 1. The minimum Gasteiger partial charge on any atom is -0.378 e. The van der Waals surface area contributed by atoms with Crippen molar-refractivity contribution >= 4 is 38.3 Å². The van der Waals surface area contributed by atoms with Gasteiger partial charge in [0.05, 0.1) is 23.4 Å². The maximum absolute atomic E-state index is 5.62. The zero-order valence-corrected chi connectivity index (χ0v) is 20.0. The van der Waals surface area contributed by atoms with Crippen molar-refractivity contribution in [3.8, 4) is 11.4 Å². The molecule has 4 aromatic rings. The molecule has 2 aliphatic heterocycles. The molecule has 2 unspecified atom stereocenters. The van der Waals surface area contributed by atoms with Gasteiger partial charge in [0, 0.05) is 72.3 Å². The second kappa shape index (κ2) is 8.68. The molecule has 6 rings (SSSR count). The summed E-state index contributed by atoms with van der Waals surface area (Å²) in [6.07, 6.45) is 1.98. The molecular weight excluding hydrogens is 432 g/mol. The van der Waals surface area contributed by atoms with E-state index in [0.717, 1.165) is 79.6 Å². The molecule has 2 N–H and O–H groups in total. The number of hydrogen-bond donors (Lipinski definition) is 2. The lowest BCUT2D eigenvalue weighted by atomic mass is 10.1. The smallest absolute Gasteiger partial charge is 0.162 e. The van der Waals surface area contributed by atoms with Crippen molar-refractivity contribution in [3.63, 3.8) is 0 Å². The van der Waals surface area contributed by atoms with Crippen LogP contribution in [0, 0.1) is 0 Å². The van der Waals surface area contributed by atoms with Crippen molar-refractivity contribution in [2.45, 2.75) is 32.5 Å². The molecule has 3 aromatic heterocycles. The number of hydrogen-bond acceptors (Lipinski definition) is 7. The van der Waals surface area contributed by atoms with E-state index in [1.54, 1.807) is 0 Å². The molecule has 5 heterocycles. The highest BCUT2D eigenvalue weighted by atomic mass is 32.1. The van der Waals surface area contributed by atoms with Gasteiger partial charge >= 0.3 is 0 Å². The molecule has 7 nitrogen and oxygen atoms in total. The molecular formula is C25H30N6OS. The van der Waals surface area contributed by atoms with E-state index in [1.165, 1.54) is 9.58 Å². The Hall–Kier alpha value is -2.52. The van der Waals surface area contributed by atoms with Crippen molar-refractivity contribution < 1.29 is 4.74 Å². The third kappa shape index (κ3) is 4.12. The monoisotopic (exact) mass is 462 g/mol. The Balaban J connectivity index is 1.43. The van der Waals surface area contributed by atoms with Gasteiger partial charge in [0.1, 0.15) is 0 Å². The average molecular weight is 463 g/mol. The van der Waals surface area contributed by atoms with Gasteiger partial charge in [0.2, 0.25) is 0 Å². The number of aromatic amines is 1.